The lowest BCUT2D eigenvalue weighted by Crippen LogP contribution is -2.44. The predicted octanol–water partition coefficient (Wildman–Crippen LogP) is 3.11. The number of rotatable bonds is 3. The van der Waals surface area contributed by atoms with E-state index in [1.54, 1.807) is 18.6 Å². The van der Waals surface area contributed by atoms with E-state index in [0.717, 1.165) is 35.6 Å². The summed E-state index contributed by atoms with van der Waals surface area (Å²) in [4.78, 5) is 22.0. The standard InChI is InChI=1S/C18H19F3N6O2/c1-26(10-18(19,20)21)17(28)29-11-3-2-6-27(9-11)14-8-24-25-13-7-23-16-12(15(13)14)4-5-22-16/h4-5,7-8,11H,2-3,6,9-10H2,1H3,(H,22,23). The van der Waals surface area contributed by atoms with Gasteiger partial charge in [0.15, 0.2) is 0 Å². The summed E-state index contributed by atoms with van der Waals surface area (Å²) in [6.07, 6.45) is 0.421. The maximum atomic E-state index is 12.5. The highest BCUT2D eigenvalue weighted by atomic mass is 19.4. The van der Waals surface area contributed by atoms with E-state index in [-0.39, 0.29) is 0 Å². The van der Waals surface area contributed by atoms with E-state index in [1.807, 2.05) is 11.0 Å². The van der Waals surface area contributed by atoms with E-state index >= 15 is 0 Å². The number of anilines is 1. The number of hydrogen-bond acceptors (Lipinski definition) is 6. The van der Waals surface area contributed by atoms with Crippen LogP contribution in [0.4, 0.5) is 23.7 Å². The lowest BCUT2D eigenvalue weighted by molar-refractivity contribution is -0.140. The molecular formula is C18H19F3N6O2. The fraction of sp³-hybridized carbons (Fsp3) is 0.444. The van der Waals surface area contributed by atoms with Crippen molar-refractivity contribution < 1.29 is 22.7 Å². The van der Waals surface area contributed by atoms with Gasteiger partial charge in [0.25, 0.3) is 0 Å². The molecule has 1 amide bonds. The fourth-order valence-electron chi connectivity index (χ4n) is 3.61. The summed E-state index contributed by atoms with van der Waals surface area (Å²) < 4.78 is 42.8. The van der Waals surface area contributed by atoms with Crippen LogP contribution in [0.25, 0.3) is 21.9 Å². The Hall–Kier alpha value is -3.11. The maximum absolute atomic E-state index is 12.5. The van der Waals surface area contributed by atoms with Crippen molar-refractivity contribution in [3.8, 4) is 0 Å². The van der Waals surface area contributed by atoms with Crippen LogP contribution < -0.4 is 4.90 Å². The number of aromatic amines is 1. The van der Waals surface area contributed by atoms with Crippen molar-refractivity contribution in [1.29, 1.82) is 0 Å². The number of carbonyl (C=O) groups is 1. The molecule has 1 fully saturated rings. The number of nitrogens with one attached hydrogen (secondary N) is 1. The summed E-state index contributed by atoms with van der Waals surface area (Å²) in [5, 5.41) is 9.97. The number of nitrogens with zero attached hydrogens (tertiary/aromatic N) is 5. The van der Waals surface area contributed by atoms with Gasteiger partial charge in [0.2, 0.25) is 0 Å². The number of alkyl halides is 3. The maximum Gasteiger partial charge on any atom is 0.410 e. The van der Waals surface area contributed by atoms with Crippen molar-refractivity contribution >= 4 is 33.7 Å². The lowest BCUT2D eigenvalue weighted by atomic mass is 10.1. The van der Waals surface area contributed by atoms with E-state index in [0.29, 0.717) is 29.9 Å². The molecule has 1 aliphatic rings. The van der Waals surface area contributed by atoms with Crippen LogP contribution in [-0.4, -0.2) is 70.1 Å². The molecule has 1 unspecified atom stereocenters. The number of halogens is 3. The molecule has 3 aromatic heterocycles. The van der Waals surface area contributed by atoms with E-state index in [9.17, 15) is 18.0 Å². The second-order valence-electron chi connectivity index (χ2n) is 7.05. The van der Waals surface area contributed by atoms with Gasteiger partial charge >= 0.3 is 12.3 Å². The third kappa shape index (κ3) is 4.03. The number of carbonyl (C=O) groups excluding carboxylic acids is 1. The average molecular weight is 408 g/mol. The van der Waals surface area contributed by atoms with Crippen molar-refractivity contribution in [2.75, 3.05) is 31.6 Å². The number of H-pyrrole nitrogens is 1. The van der Waals surface area contributed by atoms with Crippen LogP contribution in [0.3, 0.4) is 0 Å². The van der Waals surface area contributed by atoms with Gasteiger partial charge in [-0.3, -0.25) is 0 Å². The minimum absolute atomic E-state index is 0.362. The Morgan fingerprint density at radius 2 is 2.24 bits per heavy atom. The Kier molecular flexibility index (Phi) is 4.89. The highest BCUT2D eigenvalue weighted by Crippen LogP contribution is 2.32. The first-order chi connectivity index (χ1) is 13.8. The number of piperidine rings is 1. The summed E-state index contributed by atoms with van der Waals surface area (Å²) in [6, 6.07) is 1.91. The molecule has 8 nitrogen and oxygen atoms in total. The van der Waals surface area contributed by atoms with Crippen LogP contribution in [0.2, 0.25) is 0 Å². The van der Waals surface area contributed by atoms with Crippen LogP contribution >= 0.6 is 0 Å². The molecule has 0 radical (unpaired) electrons. The topological polar surface area (TPSA) is 87.2 Å². The molecule has 4 heterocycles. The smallest absolute Gasteiger partial charge is 0.410 e. The third-order valence-corrected chi connectivity index (χ3v) is 4.88. The first-order valence-electron chi connectivity index (χ1n) is 9.13. The first-order valence-corrected chi connectivity index (χ1v) is 9.13. The van der Waals surface area contributed by atoms with Crippen LogP contribution in [0.5, 0.6) is 0 Å². The molecule has 29 heavy (non-hydrogen) atoms. The van der Waals surface area contributed by atoms with Crippen LogP contribution in [0.15, 0.2) is 24.7 Å². The van der Waals surface area contributed by atoms with E-state index < -0.39 is 24.9 Å². The van der Waals surface area contributed by atoms with E-state index in [1.165, 1.54) is 0 Å². The fourth-order valence-corrected chi connectivity index (χ4v) is 3.61. The Morgan fingerprint density at radius 3 is 3.03 bits per heavy atom. The number of fused-ring (bicyclic) bond motifs is 3. The number of amides is 1. The minimum atomic E-state index is -4.47. The summed E-state index contributed by atoms with van der Waals surface area (Å²) in [5.74, 6) is 0. The summed E-state index contributed by atoms with van der Waals surface area (Å²) in [5.41, 5.74) is 2.19. The molecule has 0 bridgehead atoms. The van der Waals surface area contributed by atoms with Gasteiger partial charge in [-0.25, -0.2) is 9.78 Å². The Morgan fingerprint density at radius 1 is 1.41 bits per heavy atom. The largest absolute Gasteiger partial charge is 0.444 e. The normalized spacial score (nSPS) is 17.7. The zero-order valence-electron chi connectivity index (χ0n) is 15.6. The van der Waals surface area contributed by atoms with Gasteiger partial charge in [-0.1, -0.05) is 0 Å². The molecule has 1 atom stereocenters. The molecule has 1 saturated heterocycles. The highest BCUT2D eigenvalue weighted by Gasteiger charge is 2.33. The third-order valence-electron chi connectivity index (χ3n) is 4.88. The average Bonchev–Trinajstić information content (AvgIpc) is 3.15. The zero-order chi connectivity index (χ0) is 20.6. The predicted molar refractivity (Wildman–Crippen MR) is 99.6 cm³/mol. The Labute approximate surface area is 163 Å². The number of pyridine rings is 1. The van der Waals surface area contributed by atoms with Crippen LogP contribution in [0, 0.1) is 0 Å². The van der Waals surface area contributed by atoms with Crippen molar-refractivity contribution in [3.05, 3.63) is 24.7 Å². The number of hydrogen-bond donors (Lipinski definition) is 1. The molecule has 0 aliphatic carbocycles. The number of aromatic nitrogens is 4. The van der Waals surface area contributed by atoms with Crippen LogP contribution in [0.1, 0.15) is 12.8 Å². The Bertz CT molecular complexity index is 1040. The van der Waals surface area contributed by atoms with Gasteiger partial charge in [0.05, 0.1) is 24.6 Å². The highest BCUT2D eigenvalue weighted by molar-refractivity contribution is 6.09. The van der Waals surface area contributed by atoms with Crippen molar-refractivity contribution in [3.63, 3.8) is 0 Å². The molecule has 4 rings (SSSR count). The zero-order valence-corrected chi connectivity index (χ0v) is 15.6. The van der Waals surface area contributed by atoms with Gasteiger partial charge in [-0.2, -0.15) is 18.3 Å². The van der Waals surface area contributed by atoms with Gasteiger partial charge in [-0.15, -0.1) is 5.10 Å². The van der Waals surface area contributed by atoms with Crippen molar-refractivity contribution in [1.82, 2.24) is 25.1 Å². The second kappa shape index (κ2) is 7.37. The number of ether oxygens (including phenoxy) is 1. The summed E-state index contributed by atoms with van der Waals surface area (Å²) in [6.45, 7) is -0.276. The van der Waals surface area contributed by atoms with Crippen molar-refractivity contribution in [2.24, 2.45) is 0 Å². The first kappa shape index (κ1) is 19.2. The lowest BCUT2D eigenvalue weighted by Gasteiger charge is -2.35. The molecule has 0 saturated carbocycles. The molecule has 154 valence electrons. The van der Waals surface area contributed by atoms with Crippen LogP contribution in [-0.2, 0) is 4.74 Å². The molecule has 0 aromatic carbocycles. The molecule has 3 aromatic rings. The van der Waals surface area contributed by atoms with Gasteiger partial charge in [0, 0.05) is 30.6 Å². The molecule has 0 spiro atoms. The van der Waals surface area contributed by atoms with E-state index in [4.69, 9.17) is 4.74 Å². The molecule has 11 heteroatoms. The molecular weight excluding hydrogens is 389 g/mol. The quantitative estimate of drug-likeness (QED) is 0.717. The molecule has 1 aliphatic heterocycles. The second-order valence-corrected chi connectivity index (χ2v) is 7.05. The van der Waals surface area contributed by atoms with Gasteiger partial charge in [-0.05, 0) is 18.9 Å². The summed E-state index contributed by atoms with van der Waals surface area (Å²) in [7, 11) is 1.08. The molecule has 1 N–H and O–H groups in total. The monoisotopic (exact) mass is 408 g/mol. The minimum Gasteiger partial charge on any atom is -0.444 e. The summed E-state index contributed by atoms with van der Waals surface area (Å²) >= 11 is 0. The van der Waals surface area contributed by atoms with Gasteiger partial charge < -0.3 is 19.5 Å². The van der Waals surface area contributed by atoms with Crippen molar-refractivity contribution in [2.45, 2.75) is 25.1 Å². The Balaban J connectivity index is 1.55. The van der Waals surface area contributed by atoms with E-state index in [2.05, 4.69) is 20.2 Å². The SMILES string of the molecule is CN(CC(F)(F)F)C(=O)OC1CCCN(c2cnnc3cnc4[nH]ccc4c23)C1. The van der Waals surface area contributed by atoms with Gasteiger partial charge in [0.1, 0.15) is 23.8 Å².